The lowest BCUT2D eigenvalue weighted by Crippen LogP contribution is -2.06. The van der Waals surface area contributed by atoms with Crippen molar-refractivity contribution in [3.05, 3.63) is 46.2 Å². The van der Waals surface area contributed by atoms with E-state index in [4.69, 9.17) is 21.6 Å². The fourth-order valence-electron chi connectivity index (χ4n) is 1.78. The van der Waals surface area contributed by atoms with Crippen molar-refractivity contribution >= 4 is 11.6 Å². The van der Waals surface area contributed by atoms with E-state index < -0.39 is 0 Å². The zero-order chi connectivity index (χ0) is 13.8. The second-order valence-corrected chi connectivity index (χ2v) is 4.46. The van der Waals surface area contributed by atoms with Crippen LogP contribution in [0, 0.1) is 18.3 Å². The molecule has 0 atom stereocenters. The maximum Gasteiger partial charge on any atom is 0.131 e. The summed E-state index contributed by atoms with van der Waals surface area (Å²) in [5.41, 5.74) is 2.28. The van der Waals surface area contributed by atoms with Gasteiger partial charge in [0.2, 0.25) is 0 Å². The second kappa shape index (κ2) is 5.77. The van der Waals surface area contributed by atoms with Crippen LogP contribution in [0.5, 0.6) is 5.75 Å². The normalized spacial score (nSPS) is 10.2. The molecule has 0 spiro atoms. The monoisotopic (exact) mass is 275 g/mol. The van der Waals surface area contributed by atoms with Crippen LogP contribution in [-0.2, 0) is 13.2 Å². The minimum atomic E-state index is 0.361. The molecule has 19 heavy (non-hydrogen) atoms. The third-order valence-electron chi connectivity index (χ3n) is 2.81. The van der Waals surface area contributed by atoms with E-state index in [1.807, 2.05) is 18.5 Å². The number of hydrogen-bond acceptors (Lipinski definition) is 3. The summed E-state index contributed by atoms with van der Waals surface area (Å²) in [4.78, 5) is 0. The summed E-state index contributed by atoms with van der Waals surface area (Å²) in [6.45, 7) is 4.99. The topological polar surface area (TPSA) is 50.8 Å². The lowest BCUT2D eigenvalue weighted by atomic mass is 10.2. The van der Waals surface area contributed by atoms with Gasteiger partial charge in [-0.2, -0.15) is 10.4 Å². The van der Waals surface area contributed by atoms with E-state index in [0.717, 1.165) is 17.9 Å². The molecule has 0 fully saturated rings. The van der Waals surface area contributed by atoms with Gasteiger partial charge in [0.1, 0.15) is 12.4 Å². The zero-order valence-corrected chi connectivity index (χ0v) is 11.6. The van der Waals surface area contributed by atoms with Gasteiger partial charge in [-0.25, -0.2) is 0 Å². The SMILES string of the molecule is CCn1nc(C)c(Cl)c1COc1ccc(C#N)cc1. The molecule has 2 rings (SSSR count). The second-order valence-electron chi connectivity index (χ2n) is 4.09. The predicted molar refractivity (Wildman–Crippen MR) is 73.1 cm³/mol. The Hall–Kier alpha value is -1.99. The predicted octanol–water partition coefficient (Wildman–Crippen LogP) is 3.32. The molecule has 0 saturated heterocycles. The van der Waals surface area contributed by atoms with Gasteiger partial charge in [0.05, 0.1) is 28.0 Å². The zero-order valence-electron chi connectivity index (χ0n) is 10.9. The van der Waals surface area contributed by atoms with Gasteiger partial charge in [-0.3, -0.25) is 4.68 Å². The minimum absolute atomic E-state index is 0.361. The van der Waals surface area contributed by atoms with Gasteiger partial charge in [-0.05, 0) is 38.1 Å². The van der Waals surface area contributed by atoms with Crippen molar-refractivity contribution in [2.24, 2.45) is 0 Å². The molecule has 0 unspecified atom stereocenters. The van der Waals surface area contributed by atoms with Crippen molar-refractivity contribution in [3.63, 3.8) is 0 Å². The van der Waals surface area contributed by atoms with Crippen molar-refractivity contribution in [2.75, 3.05) is 0 Å². The Morgan fingerprint density at radius 2 is 2.05 bits per heavy atom. The van der Waals surface area contributed by atoms with Crippen molar-refractivity contribution < 1.29 is 4.74 Å². The van der Waals surface area contributed by atoms with Crippen LogP contribution in [0.2, 0.25) is 5.02 Å². The molecule has 0 bridgehead atoms. The maximum absolute atomic E-state index is 8.72. The molecule has 1 aromatic heterocycles. The Bertz CT molecular complexity index is 611. The van der Waals surface area contributed by atoms with Gasteiger partial charge < -0.3 is 4.74 Å². The third kappa shape index (κ3) is 2.88. The van der Waals surface area contributed by atoms with Crippen molar-refractivity contribution in [1.82, 2.24) is 9.78 Å². The molecule has 1 aromatic carbocycles. The van der Waals surface area contributed by atoms with Crippen LogP contribution in [0.25, 0.3) is 0 Å². The molecule has 0 aliphatic rings. The number of benzene rings is 1. The molecule has 0 radical (unpaired) electrons. The molecular weight excluding hydrogens is 262 g/mol. The lowest BCUT2D eigenvalue weighted by Gasteiger charge is -2.08. The van der Waals surface area contributed by atoms with E-state index in [9.17, 15) is 0 Å². The van der Waals surface area contributed by atoms with E-state index in [2.05, 4.69) is 11.2 Å². The largest absolute Gasteiger partial charge is 0.487 e. The molecule has 0 aliphatic heterocycles. The number of aromatic nitrogens is 2. The summed E-state index contributed by atoms with van der Waals surface area (Å²) in [7, 11) is 0. The molecule has 1 heterocycles. The summed E-state index contributed by atoms with van der Waals surface area (Å²) in [6, 6.07) is 9.05. The molecule has 98 valence electrons. The van der Waals surface area contributed by atoms with Crippen LogP contribution in [0.15, 0.2) is 24.3 Å². The Labute approximate surface area is 117 Å². The highest BCUT2D eigenvalue weighted by Crippen LogP contribution is 2.22. The number of ether oxygens (including phenoxy) is 1. The number of aryl methyl sites for hydroxylation is 2. The number of nitrogens with zero attached hydrogens (tertiary/aromatic N) is 3. The summed E-state index contributed by atoms with van der Waals surface area (Å²) in [6.07, 6.45) is 0. The van der Waals surface area contributed by atoms with Crippen LogP contribution in [-0.4, -0.2) is 9.78 Å². The first-order valence-corrected chi connectivity index (χ1v) is 6.38. The Morgan fingerprint density at radius 3 is 2.63 bits per heavy atom. The molecule has 0 N–H and O–H groups in total. The van der Waals surface area contributed by atoms with Crippen molar-refractivity contribution in [3.8, 4) is 11.8 Å². The Kier molecular flexibility index (Phi) is 4.08. The summed E-state index contributed by atoms with van der Waals surface area (Å²) in [5, 5.41) is 13.7. The van der Waals surface area contributed by atoms with Gasteiger partial charge in [0.25, 0.3) is 0 Å². The molecule has 4 nitrogen and oxygen atoms in total. The highest BCUT2D eigenvalue weighted by atomic mass is 35.5. The van der Waals surface area contributed by atoms with E-state index >= 15 is 0 Å². The van der Waals surface area contributed by atoms with Crippen molar-refractivity contribution in [1.29, 1.82) is 5.26 Å². The van der Waals surface area contributed by atoms with Crippen LogP contribution in [0.4, 0.5) is 0 Å². The molecule has 0 aliphatic carbocycles. The van der Waals surface area contributed by atoms with Gasteiger partial charge in [0, 0.05) is 6.54 Å². The van der Waals surface area contributed by atoms with Gasteiger partial charge in [-0.1, -0.05) is 11.6 Å². The van der Waals surface area contributed by atoms with E-state index in [-0.39, 0.29) is 0 Å². The Balaban J connectivity index is 2.12. The van der Waals surface area contributed by atoms with Crippen LogP contribution < -0.4 is 4.74 Å². The van der Waals surface area contributed by atoms with E-state index in [1.165, 1.54) is 0 Å². The van der Waals surface area contributed by atoms with Crippen LogP contribution >= 0.6 is 11.6 Å². The summed E-state index contributed by atoms with van der Waals surface area (Å²) >= 11 is 6.20. The minimum Gasteiger partial charge on any atom is -0.487 e. The van der Waals surface area contributed by atoms with E-state index in [1.54, 1.807) is 24.3 Å². The fraction of sp³-hybridized carbons (Fsp3) is 0.286. The fourth-order valence-corrected chi connectivity index (χ4v) is 1.97. The molecule has 5 heteroatoms. The van der Waals surface area contributed by atoms with E-state index in [0.29, 0.717) is 22.9 Å². The average Bonchev–Trinajstić information content (AvgIpc) is 2.72. The van der Waals surface area contributed by atoms with Gasteiger partial charge in [0.15, 0.2) is 0 Å². The van der Waals surface area contributed by atoms with Crippen LogP contribution in [0.3, 0.4) is 0 Å². The first-order chi connectivity index (χ1) is 9.15. The standard InChI is InChI=1S/C14H14ClN3O/c1-3-18-13(14(15)10(2)17-18)9-19-12-6-4-11(8-16)5-7-12/h4-7H,3,9H2,1-2H3. The number of hydrogen-bond donors (Lipinski definition) is 0. The van der Waals surface area contributed by atoms with Crippen LogP contribution in [0.1, 0.15) is 23.9 Å². The van der Waals surface area contributed by atoms with Gasteiger partial charge in [-0.15, -0.1) is 0 Å². The number of nitriles is 1. The third-order valence-corrected chi connectivity index (χ3v) is 3.30. The molecule has 2 aromatic rings. The Morgan fingerprint density at radius 1 is 1.37 bits per heavy atom. The average molecular weight is 276 g/mol. The first kappa shape index (κ1) is 13.4. The summed E-state index contributed by atoms with van der Waals surface area (Å²) < 4.78 is 7.51. The quantitative estimate of drug-likeness (QED) is 0.860. The molecular formula is C14H14ClN3O. The van der Waals surface area contributed by atoms with Crippen molar-refractivity contribution in [2.45, 2.75) is 27.0 Å². The highest BCUT2D eigenvalue weighted by Gasteiger charge is 2.12. The van der Waals surface area contributed by atoms with Gasteiger partial charge >= 0.3 is 0 Å². The number of halogens is 1. The lowest BCUT2D eigenvalue weighted by molar-refractivity contribution is 0.292. The maximum atomic E-state index is 8.72. The molecule has 0 saturated carbocycles. The number of rotatable bonds is 4. The smallest absolute Gasteiger partial charge is 0.131 e. The molecule has 0 amide bonds. The first-order valence-electron chi connectivity index (χ1n) is 6.00. The highest BCUT2D eigenvalue weighted by molar-refractivity contribution is 6.31. The summed E-state index contributed by atoms with van der Waals surface area (Å²) in [5.74, 6) is 0.705.